The second-order valence-corrected chi connectivity index (χ2v) is 6.55. The van der Waals surface area contributed by atoms with E-state index in [0.29, 0.717) is 31.2 Å². The number of guanidine groups is 1. The Morgan fingerprint density at radius 3 is 2.60 bits per heavy atom. The molecule has 0 fully saturated rings. The summed E-state index contributed by atoms with van der Waals surface area (Å²) in [5.74, 6) is 0.614. The molecule has 0 bridgehead atoms. The van der Waals surface area contributed by atoms with Gasteiger partial charge in [-0.1, -0.05) is 18.2 Å². The van der Waals surface area contributed by atoms with Crippen LogP contribution in [-0.4, -0.2) is 41.9 Å². The van der Waals surface area contributed by atoms with E-state index in [9.17, 15) is 18.7 Å². The number of nitrogens with one attached hydrogen (secondary N) is 2. The fourth-order valence-corrected chi connectivity index (χ4v) is 2.76. The summed E-state index contributed by atoms with van der Waals surface area (Å²) in [6, 6.07) is 10.9. The third-order valence-electron chi connectivity index (χ3n) is 4.27. The van der Waals surface area contributed by atoms with Gasteiger partial charge in [-0.15, -0.1) is 0 Å². The average Bonchev–Trinajstić information content (AvgIpc) is 2.72. The highest BCUT2D eigenvalue weighted by atomic mass is 19.3. The molecular weight excluding hydrogens is 394 g/mol. The predicted octanol–water partition coefficient (Wildman–Crippen LogP) is 2.52. The minimum Gasteiger partial charge on any atom is -0.435 e. The van der Waals surface area contributed by atoms with E-state index in [4.69, 9.17) is 0 Å². The fraction of sp³-hybridized carbons (Fsp3) is 0.429. The van der Waals surface area contributed by atoms with Crippen LogP contribution in [0.4, 0.5) is 8.78 Å². The van der Waals surface area contributed by atoms with E-state index in [1.807, 2.05) is 13.0 Å². The summed E-state index contributed by atoms with van der Waals surface area (Å²) in [5.41, 5.74) is 0.549. The molecule has 2 rings (SSSR count). The van der Waals surface area contributed by atoms with Crippen molar-refractivity contribution in [3.8, 4) is 5.75 Å². The SMILES string of the molecule is CCNC(=NCC(O)c1ccc(OC(F)F)cc1)NCCCCn1ccccc1=O. The number of hydrogen-bond donors (Lipinski definition) is 3. The van der Waals surface area contributed by atoms with Gasteiger partial charge in [-0.25, -0.2) is 0 Å². The van der Waals surface area contributed by atoms with Crippen molar-refractivity contribution in [3.63, 3.8) is 0 Å². The molecule has 9 heteroatoms. The number of aliphatic imine (C=N–C) groups is 1. The first kappa shape index (κ1) is 23.3. The zero-order valence-corrected chi connectivity index (χ0v) is 16.9. The number of pyridine rings is 1. The first-order chi connectivity index (χ1) is 14.5. The van der Waals surface area contributed by atoms with Crippen LogP contribution in [0.5, 0.6) is 5.75 Å². The quantitative estimate of drug-likeness (QED) is 0.294. The van der Waals surface area contributed by atoms with Gasteiger partial charge in [0.25, 0.3) is 0 Å². The monoisotopic (exact) mass is 422 g/mol. The Bertz CT molecular complexity index is 841. The summed E-state index contributed by atoms with van der Waals surface area (Å²) in [4.78, 5) is 16.0. The molecule has 0 saturated carbocycles. The minimum absolute atomic E-state index is 0.0110. The largest absolute Gasteiger partial charge is 0.435 e. The van der Waals surface area contributed by atoms with Crippen LogP contribution in [-0.2, 0) is 6.54 Å². The summed E-state index contributed by atoms with van der Waals surface area (Å²) in [6.45, 7) is 1.16. The molecule has 1 unspecified atom stereocenters. The summed E-state index contributed by atoms with van der Waals surface area (Å²) < 4.78 is 30.4. The Balaban J connectivity index is 1.78. The topological polar surface area (TPSA) is 87.9 Å². The van der Waals surface area contributed by atoms with Crippen LogP contribution < -0.4 is 20.9 Å². The molecule has 0 spiro atoms. The molecule has 0 amide bonds. The maximum absolute atomic E-state index is 12.2. The van der Waals surface area contributed by atoms with Crippen LogP contribution in [0, 0.1) is 0 Å². The lowest BCUT2D eigenvalue weighted by Gasteiger charge is -2.14. The number of alkyl halides is 2. The normalized spacial score (nSPS) is 12.6. The van der Waals surface area contributed by atoms with Crippen LogP contribution in [0.15, 0.2) is 58.4 Å². The number of halogens is 2. The van der Waals surface area contributed by atoms with E-state index in [1.165, 1.54) is 24.3 Å². The molecular formula is C21H28F2N4O3. The van der Waals surface area contributed by atoms with E-state index in [-0.39, 0.29) is 17.9 Å². The van der Waals surface area contributed by atoms with Crippen LogP contribution in [0.25, 0.3) is 0 Å². The molecule has 0 radical (unpaired) electrons. The van der Waals surface area contributed by atoms with Crippen molar-refractivity contribution in [2.24, 2.45) is 4.99 Å². The highest BCUT2D eigenvalue weighted by molar-refractivity contribution is 5.79. The van der Waals surface area contributed by atoms with Crippen LogP contribution >= 0.6 is 0 Å². The molecule has 1 heterocycles. The van der Waals surface area contributed by atoms with E-state index in [0.717, 1.165) is 12.8 Å². The summed E-state index contributed by atoms with van der Waals surface area (Å²) in [7, 11) is 0. The Labute approximate surface area is 174 Å². The Kier molecular flexibility index (Phi) is 9.79. The minimum atomic E-state index is -2.88. The Morgan fingerprint density at radius 1 is 1.17 bits per heavy atom. The van der Waals surface area contributed by atoms with Gasteiger partial charge < -0.3 is 25.0 Å². The van der Waals surface area contributed by atoms with Crippen molar-refractivity contribution < 1.29 is 18.6 Å². The van der Waals surface area contributed by atoms with Gasteiger partial charge in [0, 0.05) is 31.9 Å². The molecule has 0 aliphatic carbocycles. The third-order valence-corrected chi connectivity index (χ3v) is 4.27. The van der Waals surface area contributed by atoms with Gasteiger partial charge in [-0.2, -0.15) is 8.78 Å². The zero-order chi connectivity index (χ0) is 21.8. The van der Waals surface area contributed by atoms with Gasteiger partial charge in [0.15, 0.2) is 5.96 Å². The highest BCUT2D eigenvalue weighted by Crippen LogP contribution is 2.19. The summed E-state index contributed by atoms with van der Waals surface area (Å²) in [5, 5.41) is 16.6. The number of aliphatic hydroxyl groups is 1. The molecule has 2 aromatic rings. The number of nitrogens with zero attached hydrogens (tertiary/aromatic N) is 2. The van der Waals surface area contributed by atoms with E-state index < -0.39 is 12.7 Å². The second kappa shape index (κ2) is 12.6. The number of unbranched alkanes of at least 4 members (excludes halogenated alkanes) is 1. The number of aliphatic hydroxyl groups excluding tert-OH is 1. The van der Waals surface area contributed by atoms with Crippen LogP contribution in [0.1, 0.15) is 31.4 Å². The molecule has 164 valence electrons. The molecule has 0 saturated heterocycles. The van der Waals surface area contributed by atoms with Gasteiger partial charge in [0.2, 0.25) is 5.56 Å². The maximum Gasteiger partial charge on any atom is 0.387 e. The Morgan fingerprint density at radius 2 is 1.93 bits per heavy atom. The van der Waals surface area contributed by atoms with E-state index in [2.05, 4.69) is 20.4 Å². The number of aryl methyl sites for hydroxylation is 1. The number of rotatable bonds is 11. The number of aromatic nitrogens is 1. The van der Waals surface area contributed by atoms with Crippen molar-refractivity contribution in [2.45, 2.75) is 39.0 Å². The van der Waals surface area contributed by atoms with Gasteiger partial charge in [-0.3, -0.25) is 9.79 Å². The molecule has 1 aromatic heterocycles. The zero-order valence-electron chi connectivity index (χ0n) is 16.9. The molecule has 1 aromatic carbocycles. The molecule has 0 aliphatic rings. The van der Waals surface area contributed by atoms with Gasteiger partial charge in [0.1, 0.15) is 5.75 Å². The lowest BCUT2D eigenvalue weighted by atomic mass is 10.1. The summed E-state index contributed by atoms with van der Waals surface area (Å²) >= 11 is 0. The molecule has 1 atom stereocenters. The van der Waals surface area contributed by atoms with Gasteiger partial charge in [-0.05, 0) is 43.5 Å². The van der Waals surface area contributed by atoms with Crippen molar-refractivity contribution in [1.82, 2.24) is 15.2 Å². The smallest absolute Gasteiger partial charge is 0.387 e. The third kappa shape index (κ3) is 8.20. The average molecular weight is 422 g/mol. The Hall–Kier alpha value is -2.94. The van der Waals surface area contributed by atoms with Crippen LogP contribution in [0.2, 0.25) is 0 Å². The van der Waals surface area contributed by atoms with Crippen molar-refractivity contribution >= 4 is 5.96 Å². The lowest BCUT2D eigenvalue weighted by Crippen LogP contribution is -2.38. The van der Waals surface area contributed by atoms with Crippen LogP contribution in [0.3, 0.4) is 0 Å². The van der Waals surface area contributed by atoms with Crippen molar-refractivity contribution in [3.05, 3.63) is 64.6 Å². The number of benzene rings is 1. The van der Waals surface area contributed by atoms with Crippen molar-refractivity contribution in [2.75, 3.05) is 19.6 Å². The molecule has 3 N–H and O–H groups in total. The van der Waals surface area contributed by atoms with E-state index >= 15 is 0 Å². The van der Waals surface area contributed by atoms with Gasteiger partial charge >= 0.3 is 6.61 Å². The predicted molar refractivity (Wildman–Crippen MR) is 112 cm³/mol. The number of hydrogen-bond acceptors (Lipinski definition) is 4. The summed E-state index contributed by atoms with van der Waals surface area (Å²) in [6.07, 6.45) is 2.59. The fourth-order valence-electron chi connectivity index (χ4n) is 2.76. The molecule has 7 nitrogen and oxygen atoms in total. The van der Waals surface area contributed by atoms with Gasteiger partial charge in [0.05, 0.1) is 12.6 Å². The lowest BCUT2D eigenvalue weighted by molar-refractivity contribution is -0.0498. The highest BCUT2D eigenvalue weighted by Gasteiger charge is 2.09. The maximum atomic E-state index is 12.2. The first-order valence-corrected chi connectivity index (χ1v) is 9.90. The molecule has 0 aliphatic heterocycles. The second-order valence-electron chi connectivity index (χ2n) is 6.55. The first-order valence-electron chi connectivity index (χ1n) is 9.90. The van der Waals surface area contributed by atoms with E-state index in [1.54, 1.807) is 22.9 Å². The number of ether oxygens (including phenoxy) is 1. The molecule has 30 heavy (non-hydrogen) atoms. The van der Waals surface area contributed by atoms with Crippen molar-refractivity contribution in [1.29, 1.82) is 0 Å². The standard InChI is InChI=1S/C21H28F2N4O3/c1-2-24-21(25-12-4-6-14-27-13-5-3-7-19(27)29)26-15-18(28)16-8-10-17(11-9-16)30-20(22)23/h3,5,7-11,13,18,20,28H,2,4,6,12,14-15H2,1H3,(H2,24,25,26).